The third-order valence-electron chi connectivity index (χ3n) is 3.06. The van der Waals surface area contributed by atoms with Crippen molar-refractivity contribution in [3.05, 3.63) is 35.0 Å². The fourth-order valence-corrected chi connectivity index (χ4v) is 4.85. The maximum absolute atomic E-state index is 6.22. The van der Waals surface area contributed by atoms with Gasteiger partial charge in [0.15, 0.2) is 5.29 Å². The van der Waals surface area contributed by atoms with Crippen molar-refractivity contribution >= 4 is 40.3 Å². The summed E-state index contributed by atoms with van der Waals surface area (Å²) in [5, 5.41) is 4.53. The molecule has 3 unspecified atom stereocenters. The highest BCUT2D eigenvalue weighted by molar-refractivity contribution is 8.02. The lowest BCUT2D eigenvalue weighted by Crippen LogP contribution is -2.43. The van der Waals surface area contributed by atoms with Gasteiger partial charge in [-0.05, 0) is 18.5 Å². The Hall–Kier alpha value is -0.380. The molecule has 0 spiro atoms. The molecule has 2 heterocycles. The molecule has 0 saturated carbocycles. The predicted molar refractivity (Wildman–Crippen MR) is 70.9 cm³/mol. The van der Waals surface area contributed by atoms with Crippen LogP contribution in [0, 0.1) is 5.92 Å². The summed E-state index contributed by atoms with van der Waals surface area (Å²) in [6.45, 7) is 2.10. The smallest absolute Gasteiger partial charge is 0.198 e. The van der Waals surface area contributed by atoms with Gasteiger partial charge in [0.05, 0.1) is 0 Å². The van der Waals surface area contributed by atoms with Crippen LogP contribution in [0.5, 0.6) is 0 Å². The summed E-state index contributed by atoms with van der Waals surface area (Å²) in [7, 11) is 0. The van der Waals surface area contributed by atoms with Crippen LogP contribution in [-0.2, 0) is 0 Å². The van der Waals surface area contributed by atoms with Gasteiger partial charge in [-0.25, -0.2) is 4.99 Å². The van der Waals surface area contributed by atoms with Crippen molar-refractivity contribution in [2.75, 3.05) is 0 Å². The number of fused-ring (bicyclic) bond motifs is 3. The molecule has 5 heteroatoms. The van der Waals surface area contributed by atoms with E-state index in [1.807, 2.05) is 11.8 Å². The van der Waals surface area contributed by atoms with Crippen LogP contribution in [0.4, 0.5) is 0 Å². The third kappa shape index (κ3) is 1.45. The molecule has 3 aliphatic rings. The first-order valence-electron chi connectivity index (χ1n) is 5.05. The molecule has 3 rings (SSSR count). The largest absolute Gasteiger partial charge is 0.342 e. The van der Waals surface area contributed by atoms with E-state index in [9.17, 15) is 0 Å². The number of hydrogen-bond donors (Lipinski definition) is 1. The molecule has 1 aliphatic carbocycles. The molecule has 16 heavy (non-hydrogen) atoms. The highest BCUT2D eigenvalue weighted by Gasteiger charge is 2.49. The Morgan fingerprint density at radius 2 is 2.12 bits per heavy atom. The average molecular weight is 273 g/mol. The maximum Gasteiger partial charge on any atom is 0.198 e. The number of rotatable bonds is 0. The molecule has 1 saturated heterocycles. The lowest BCUT2D eigenvalue weighted by Gasteiger charge is -2.31. The van der Waals surface area contributed by atoms with Crippen LogP contribution in [0.3, 0.4) is 0 Å². The van der Waals surface area contributed by atoms with Gasteiger partial charge in [-0.2, -0.15) is 0 Å². The molecule has 1 N–H and O–H groups in total. The van der Waals surface area contributed by atoms with Crippen LogP contribution in [0.25, 0.3) is 0 Å². The van der Waals surface area contributed by atoms with E-state index in [0.29, 0.717) is 21.6 Å². The molecule has 0 aromatic heterocycles. The zero-order valence-corrected chi connectivity index (χ0v) is 10.9. The summed E-state index contributed by atoms with van der Waals surface area (Å²) in [5.41, 5.74) is 1.13. The van der Waals surface area contributed by atoms with Crippen LogP contribution in [0.2, 0.25) is 0 Å². The van der Waals surface area contributed by atoms with Gasteiger partial charge in [-0.1, -0.05) is 35.9 Å². The first kappa shape index (κ1) is 10.8. The minimum atomic E-state index is -0.232. The Balaban J connectivity index is 2.12. The lowest BCUT2D eigenvalue weighted by atomic mass is 9.88. The summed E-state index contributed by atoms with van der Waals surface area (Å²) < 4.78 is 0. The first-order chi connectivity index (χ1) is 7.60. The van der Waals surface area contributed by atoms with E-state index < -0.39 is 0 Å². The summed E-state index contributed by atoms with van der Waals surface area (Å²) in [4.78, 5) is 3.87. The summed E-state index contributed by atoms with van der Waals surface area (Å²) in [6.07, 6.45) is 8.51. The Kier molecular flexibility index (Phi) is 2.39. The molecule has 2 nitrogen and oxygen atoms in total. The van der Waals surface area contributed by atoms with Gasteiger partial charge in [-0.15, -0.1) is 11.8 Å². The molecule has 0 radical (unpaired) electrons. The number of halogens is 2. The van der Waals surface area contributed by atoms with Gasteiger partial charge in [0.25, 0.3) is 0 Å². The molecule has 3 atom stereocenters. The number of aliphatic imine (C=N–C) groups is 1. The standard InChI is InChI=1S/C11H10Cl2N2S/c1-11-8(9(12)14-10(13)15-11)6-4-2-3-5-7(6)16-11/h2-7H,1H3,(H,14,15). The van der Waals surface area contributed by atoms with Crippen molar-refractivity contribution in [3.63, 3.8) is 0 Å². The van der Waals surface area contributed by atoms with Crippen LogP contribution in [0.15, 0.2) is 40.0 Å². The number of thioether (sulfide) groups is 1. The fourth-order valence-electron chi connectivity index (χ4n) is 2.42. The number of hydrogen-bond acceptors (Lipinski definition) is 3. The zero-order chi connectivity index (χ0) is 11.3. The molecule has 0 aromatic carbocycles. The minimum absolute atomic E-state index is 0.232. The van der Waals surface area contributed by atoms with Gasteiger partial charge in [-0.3, -0.25) is 0 Å². The normalized spacial score (nSPS) is 40.3. The van der Waals surface area contributed by atoms with Crippen molar-refractivity contribution < 1.29 is 0 Å². The topological polar surface area (TPSA) is 24.4 Å². The van der Waals surface area contributed by atoms with Crippen LogP contribution >= 0.6 is 35.0 Å². The Labute approximate surface area is 108 Å². The first-order valence-corrected chi connectivity index (χ1v) is 6.69. The third-order valence-corrected chi connectivity index (χ3v) is 5.05. The number of amidine groups is 1. The van der Waals surface area contributed by atoms with Crippen molar-refractivity contribution in [1.82, 2.24) is 5.32 Å². The molecular formula is C11H10Cl2N2S. The predicted octanol–water partition coefficient (Wildman–Crippen LogP) is 3.21. The molecule has 0 amide bonds. The quantitative estimate of drug-likeness (QED) is 0.685. The Morgan fingerprint density at radius 3 is 2.94 bits per heavy atom. The highest BCUT2D eigenvalue weighted by atomic mass is 35.5. The average Bonchev–Trinajstić information content (AvgIpc) is 2.48. The number of allylic oxidation sites excluding steroid dienone is 3. The van der Waals surface area contributed by atoms with Crippen LogP contribution < -0.4 is 5.32 Å². The number of nitrogens with zero attached hydrogens (tertiary/aromatic N) is 1. The van der Waals surface area contributed by atoms with E-state index in [1.54, 1.807) is 0 Å². The van der Waals surface area contributed by atoms with Gasteiger partial charge in [0, 0.05) is 16.7 Å². The summed E-state index contributed by atoms with van der Waals surface area (Å²) in [5.74, 6) is 0.327. The SMILES string of the molecule is CC12NC(Cl)=NC(Cl)=C1C1C=CC=CC1S2. The van der Waals surface area contributed by atoms with Crippen LogP contribution in [0.1, 0.15) is 6.92 Å². The van der Waals surface area contributed by atoms with E-state index in [1.165, 1.54) is 0 Å². The highest BCUT2D eigenvalue weighted by Crippen LogP contribution is 2.54. The van der Waals surface area contributed by atoms with E-state index in [-0.39, 0.29) is 4.87 Å². The maximum atomic E-state index is 6.22. The van der Waals surface area contributed by atoms with Crippen molar-refractivity contribution in [3.8, 4) is 0 Å². The Morgan fingerprint density at radius 1 is 1.38 bits per heavy atom. The van der Waals surface area contributed by atoms with Crippen LogP contribution in [-0.4, -0.2) is 15.4 Å². The lowest BCUT2D eigenvalue weighted by molar-refractivity contribution is 0.636. The molecule has 2 aliphatic heterocycles. The van der Waals surface area contributed by atoms with E-state index >= 15 is 0 Å². The van der Waals surface area contributed by atoms with Gasteiger partial charge in [0.1, 0.15) is 10.0 Å². The molecule has 84 valence electrons. The van der Waals surface area contributed by atoms with Crippen molar-refractivity contribution in [2.45, 2.75) is 17.0 Å². The van der Waals surface area contributed by atoms with E-state index in [4.69, 9.17) is 23.2 Å². The summed E-state index contributed by atoms with van der Waals surface area (Å²) in [6, 6.07) is 0. The van der Waals surface area contributed by atoms with Crippen molar-refractivity contribution in [2.24, 2.45) is 10.9 Å². The molecule has 0 bridgehead atoms. The second-order valence-electron chi connectivity index (χ2n) is 4.14. The van der Waals surface area contributed by atoms with E-state index in [0.717, 1.165) is 5.57 Å². The van der Waals surface area contributed by atoms with Crippen molar-refractivity contribution in [1.29, 1.82) is 0 Å². The van der Waals surface area contributed by atoms with E-state index in [2.05, 4.69) is 41.5 Å². The fraction of sp³-hybridized carbons (Fsp3) is 0.364. The number of nitrogens with one attached hydrogen (secondary N) is 1. The molecular weight excluding hydrogens is 263 g/mol. The monoisotopic (exact) mass is 272 g/mol. The zero-order valence-electron chi connectivity index (χ0n) is 8.58. The van der Waals surface area contributed by atoms with Gasteiger partial charge >= 0.3 is 0 Å². The summed E-state index contributed by atoms with van der Waals surface area (Å²) >= 11 is 14.0. The molecule has 0 aromatic rings. The Bertz CT molecular complexity index is 467. The van der Waals surface area contributed by atoms with Gasteiger partial charge < -0.3 is 5.32 Å². The second kappa shape index (κ2) is 3.56. The van der Waals surface area contributed by atoms with Gasteiger partial charge in [0.2, 0.25) is 0 Å². The second-order valence-corrected chi connectivity index (χ2v) is 6.46. The minimum Gasteiger partial charge on any atom is -0.342 e. The molecule has 1 fully saturated rings.